The summed E-state index contributed by atoms with van der Waals surface area (Å²) in [6.45, 7) is 2.34. The number of carbonyl (C=O) groups excluding carboxylic acids is 3. The van der Waals surface area contributed by atoms with Crippen molar-refractivity contribution in [2.75, 3.05) is 33.9 Å². The first-order chi connectivity index (χ1) is 24.8. The van der Waals surface area contributed by atoms with E-state index in [9.17, 15) is 14.4 Å². The molecule has 51 heavy (non-hydrogen) atoms. The summed E-state index contributed by atoms with van der Waals surface area (Å²) in [6, 6.07) is -0.519. The second kappa shape index (κ2) is 22.9. The molecule has 0 amide bonds. The monoisotopic (exact) mass is 710 g/mol. The van der Waals surface area contributed by atoms with E-state index in [1.807, 2.05) is 19.0 Å². The van der Waals surface area contributed by atoms with Crippen molar-refractivity contribution in [2.45, 2.75) is 135 Å². The van der Waals surface area contributed by atoms with Crippen LogP contribution in [0.1, 0.15) is 128 Å². The predicted octanol–water partition coefficient (Wildman–Crippen LogP) is 8.40. The Hall–Kier alpha value is -2.94. The second-order valence-corrected chi connectivity index (χ2v) is 15.9. The Labute approximate surface area is 307 Å². The van der Waals surface area contributed by atoms with Gasteiger partial charge >= 0.3 is 17.9 Å². The van der Waals surface area contributed by atoms with Crippen LogP contribution in [0.4, 0.5) is 0 Å². The van der Waals surface area contributed by atoms with Crippen molar-refractivity contribution in [3.8, 4) is 0 Å². The number of H-pyrrole nitrogens is 1. The third-order valence-corrected chi connectivity index (χ3v) is 11.4. The zero-order chi connectivity index (χ0) is 36.3. The first-order valence-electron chi connectivity index (χ1n) is 20.2. The van der Waals surface area contributed by atoms with Crippen molar-refractivity contribution in [2.24, 2.45) is 35.5 Å². The summed E-state index contributed by atoms with van der Waals surface area (Å²) in [7, 11) is 3.66. The minimum Gasteiger partial charge on any atom is -0.465 e. The number of aromatic nitrogens is 2. The molecule has 1 aromatic rings. The van der Waals surface area contributed by atoms with Crippen LogP contribution in [-0.4, -0.2) is 72.7 Å². The van der Waals surface area contributed by atoms with Crippen molar-refractivity contribution < 1.29 is 28.6 Å². The predicted molar refractivity (Wildman–Crippen MR) is 201 cm³/mol. The summed E-state index contributed by atoms with van der Waals surface area (Å²) in [5, 5.41) is 0. The van der Waals surface area contributed by atoms with E-state index in [2.05, 4.69) is 41.2 Å². The van der Waals surface area contributed by atoms with Gasteiger partial charge in [-0.2, -0.15) is 0 Å². The Morgan fingerprint density at radius 2 is 1.41 bits per heavy atom. The molecule has 9 heteroatoms. The van der Waals surface area contributed by atoms with Crippen molar-refractivity contribution in [1.82, 2.24) is 14.9 Å². The molecule has 1 heterocycles. The molecule has 1 N–H and O–H groups in total. The van der Waals surface area contributed by atoms with E-state index in [0.29, 0.717) is 37.0 Å². The number of esters is 3. The Balaban J connectivity index is 1.15. The number of ether oxygens (including phenoxy) is 3. The van der Waals surface area contributed by atoms with Gasteiger partial charge in [-0.25, -0.2) is 4.98 Å². The first-order valence-corrected chi connectivity index (χ1v) is 20.2. The smallest absolute Gasteiger partial charge is 0.323 e. The molecule has 4 bridgehead atoms. The quantitative estimate of drug-likeness (QED) is 0.0442. The van der Waals surface area contributed by atoms with E-state index in [4.69, 9.17) is 14.2 Å². The number of hydrogen-bond acceptors (Lipinski definition) is 8. The average Bonchev–Trinajstić information content (AvgIpc) is 3.63. The molecule has 4 fully saturated rings. The molecule has 5 rings (SSSR count). The fourth-order valence-corrected chi connectivity index (χ4v) is 8.71. The maximum Gasteiger partial charge on any atom is 0.323 e. The number of likely N-dealkylation sites (N-methyl/N-ethyl adjacent to an activating group) is 1. The van der Waals surface area contributed by atoms with Gasteiger partial charge in [0.15, 0.2) is 0 Å². The number of imidazole rings is 1. The lowest BCUT2D eigenvalue weighted by Gasteiger charge is -2.54. The summed E-state index contributed by atoms with van der Waals surface area (Å²) in [4.78, 5) is 47.9. The largest absolute Gasteiger partial charge is 0.465 e. The maximum absolute atomic E-state index is 13.1. The minimum atomic E-state index is -0.519. The fourth-order valence-electron chi connectivity index (χ4n) is 8.71. The summed E-state index contributed by atoms with van der Waals surface area (Å²) in [5.74, 6) is 2.17. The molecule has 0 radical (unpaired) electrons. The Kier molecular flexibility index (Phi) is 18.3. The van der Waals surface area contributed by atoms with Gasteiger partial charge in [0.2, 0.25) is 0 Å². The second-order valence-electron chi connectivity index (χ2n) is 15.9. The van der Waals surface area contributed by atoms with Gasteiger partial charge in [-0.05, 0) is 114 Å². The van der Waals surface area contributed by atoms with Crippen LogP contribution >= 0.6 is 0 Å². The Bertz CT molecular complexity index is 1180. The van der Waals surface area contributed by atoms with Gasteiger partial charge in [-0.1, -0.05) is 63.3 Å². The van der Waals surface area contributed by atoms with Crippen LogP contribution in [0.3, 0.4) is 0 Å². The molecule has 4 aliphatic rings. The lowest BCUT2D eigenvalue weighted by Crippen LogP contribution is -2.45. The number of unbranched alkanes of at least 4 members (excludes halogenated alkanes) is 8. The lowest BCUT2D eigenvalue weighted by molar-refractivity contribution is -0.157. The molecule has 9 nitrogen and oxygen atoms in total. The molecular weight excluding hydrogens is 642 g/mol. The van der Waals surface area contributed by atoms with E-state index in [1.165, 1.54) is 64.2 Å². The molecule has 0 spiro atoms. The number of nitrogens with zero attached hydrogens (tertiary/aromatic N) is 2. The highest BCUT2D eigenvalue weighted by Gasteiger charge is 2.48. The van der Waals surface area contributed by atoms with Crippen LogP contribution < -0.4 is 0 Å². The lowest BCUT2D eigenvalue weighted by atomic mass is 9.51. The van der Waals surface area contributed by atoms with Gasteiger partial charge in [-0.3, -0.25) is 19.3 Å². The summed E-state index contributed by atoms with van der Waals surface area (Å²) in [6.07, 6.45) is 32.5. The average molecular weight is 710 g/mol. The van der Waals surface area contributed by atoms with E-state index in [0.717, 1.165) is 56.1 Å². The number of allylic oxidation sites excluding steroid dienone is 4. The summed E-state index contributed by atoms with van der Waals surface area (Å²) in [5.41, 5.74) is 0.767. The van der Waals surface area contributed by atoms with Gasteiger partial charge in [0.25, 0.3) is 0 Å². The first kappa shape index (κ1) is 40.8. The molecule has 4 aliphatic carbocycles. The standard InChI is InChI=1S/C42H67N3O6/c1-4-5-6-7-8-9-10-11-12-13-14-15-16-17-18-19-40(46)49-28-34(30-51-42(48)39(45(2)3)25-37-27-43-31-44-37)29-50-41(47)26-38-35-21-32-20-33(23-35)24-36(38)22-32/h8-9,11-12,27,31-36,38-39H,4-7,10,13-26,28-30H2,1-3H3,(H,43,44)/b9-8-,12-11-/t32?,33?,34?,35?,36?,38?,39-/m0/s1. The molecular formula is C42H67N3O6. The van der Waals surface area contributed by atoms with Crippen LogP contribution in [0.2, 0.25) is 0 Å². The highest BCUT2D eigenvalue weighted by molar-refractivity contribution is 5.76. The van der Waals surface area contributed by atoms with Crippen molar-refractivity contribution in [3.63, 3.8) is 0 Å². The van der Waals surface area contributed by atoms with Crippen LogP contribution in [0, 0.1) is 35.5 Å². The Morgan fingerprint density at radius 3 is 2.04 bits per heavy atom. The molecule has 2 atom stereocenters. The fraction of sp³-hybridized carbons (Fsp3) is 0.762. The summed E-state index contributed by atoms with van der Waals surface area (Å²) >= 11 is 0. The molecule has 4 saturated carbocycles. The SMILES string of the molecule is CCCCC/C=C\C/C=C\CCCCCCCC(=O)OCC(COC(=O)CC1C2CC3CC(C2)CC1C3)COC(=O)[C@H](Cc1c[nH]cn1)N(C)C. The zero-order valence-electron chi connectivity index (χ0n) is 31.9. The highest BCUT2D eigenvalue weighted by atomic mass is 16.6. The van der Waals surface area contributed by atoms with Crippen molar-refractivity contribution in [1.29, 1.82) is 0 Å². The maximum atomic E-state index is 13.1. The molecule has 0 saturated heterocycles. The van der Waals surface area contributed by atoms with Gasteiger partial charge in [0, 0.05) is 25.5 Å². The van der Waals surface area contributed by atoms with Gasteiger partial charge in [-0.15, -0.1) is 0 Å². The number of hydrogen-bond donors (Lipinski definition) is 1. The zero-order valence-corrected chi connectivity index (χ0v) is 31.9. The van der Waals surface area contributed by atoms with E-state index < -0.39 is 12.0 Å². The third-order valence-electron chi connectivity index (χ3n) is 11.4. The third kappa shape index (κ3) is 14.9. The van der Waals surface area contributed by atoms with Crippen LogP contribution in [0.25, 0.3) is 0 Å². The molecule has 1 unspecified atom stereocenters. The minimum absolute atomic E-state index is 0.00598. The van der Waals surface area contributed by atoms with E-state index >= 15 is 0 Å². The topological polar surface area (TPSA) is 111 Å². The summed E-state index contributed by atoms with van der Waals surface area (Å²) < 4.78 is 17.2. The van der Waals surface area contributed by atoms with Crippen LogP contribution in [-0.2, 0) is 35.0 Å². The number of rotatable bonds is 26. The number of carbonyl (C=O) groups is 3. The molecule has 0 aliphatic heterocycles. The highest BCUT2D eigenvalue weighted by Crippen LogP contribution is 2.57. The molecule has 1 aromatic heterocycles. The van der Waals surface area contributed by atoms with Crippen LogP contribution in [0.15, 0.2) is 36.8 Å². The van der Waals surface area contributed by atoms with Crippen LogP contribution in [0.5, 0.6) is 0 Å². The molecule has 286 valence electrons. The van der Waals surface area contributed by atoms with E-state index in [-0.39, 0.29) is 37.7 Å². The normalized spacial score (nSPS) is 23.6. The molecule has 0 aromatic carbocycles. The van der Waals surface area contributed by atoms with E-state index in [1.54, 1.807) is 12.5 Å². The van der Waals surface area contributed by atoms with Crippen molar-refractivity contribution >= 4 is 17.9 Å². The van der Waals surface area contributed by atoms with Crippen molar-refractivity contribution in [3.05, 3.63) is 42.5 Å². The Morgan fingerprint density at radius 1 is 0.804 bits per heavy atom. The van der Waals surface area contributed by atoms with Gasteiger partial charge in [0.1, 0.15) is 25.9 Å². The number of aromatic amines is 1. The van der Waals surface area contributed by atoms with Gasteiger partial charge in [0.05, 0.1) is 17.9 Å². The number of nitrogens with one attached hydrogen (secondary N) is 1. The van der Waals surface area contributed by atoms with Gasteiger partial charge < -0.3 is 19.2 Å².